The first kappa shape index (κ1) is 16.8. The molecule has 23 heavy (non-hydrogen) atoms. The SMILES string of the molecule is O=C(N/N=C/c1ccc([N+](=O)[O-])s1)C(=O)Nc1ccccc1Br. The molecule has 1 aromatic heterocycles. The first-order valence-corrected chi connectivity index (χ1v) is 7.71. The zero-order chi connectivity index (χ0) is 16.8. The highest BCUT2D eigenvalue weighted by atomic mass is 79.9. The Morgan fingerprint density at radius 3 is 2.61 bits per heavy atom. The van der Waals surface area contributed by atoms with E-state index in [9.17, 15) is 19.7 Å². The van der Waals surface area contributed by atoms with Gasteiger partial charge in [0.25, 0.3) is 0 Å². The summed E-state index contributed by atoms with van der Waals surface area (Å²) in [4.78, 5) is 33.8. The second-order valence-electron chi connectivity index (χ2n) is 4.07. The first-order chi connectivity index (χ1) is 11.0. The number of carbonyl (C=O) groups is 2. The predicted molar refractivity (Wildman–Crippen MR) is 89.5 cm³/mol. The van der Waals surface area contributed by atoms with Gasteiger partial charge in [0, 0.05) is 10.5 Å². The Hall–Kier alpha value is -2.59. The van der Waals surface area contributed by atoms with Gasteiger partial charge in [-0.15, -0.1) is 0 Å². The highest BCUT2D eigenvalue weighted by molar-refractivity contribution is 9.10. The highest BCUT2D eigenvalue weighted by Crippen LogP contribution is 2.22. The number of hydrogen-bond donors (Lipinski definition) is 2. The van der Waals surface area contributed by atoms with Crippen molar-refractivity contribution in [1.29, 1.82) is 0 Å². The van der Waals surface area contributed by atoms with Crippen LogP contribution in [0.3, 0.4) is 0 Å². The number of benzene rings is 1. The Morgan fingerprint density at radius 2 is 1.96 bits per heavy atom. The van der Waals surface area contributed by atoms with E-state index in [1.165, 1.54) is 18.3 Å². The van der Waals surface area contributed by atoms with Gasteiger partial charge in [-0.05, 0) is 34.1 Å². The van der Waals surface area contributed by atoms with Gasteiger partial charge < -0.3 is 5.32 Å². The summed E-state index contributed by atoms with van der Waals surface area (Å²) in [5, 5.41) is 16.5. The van der Waals surface area contributed by atoms with Crippen molar-refractivity contribution in [2.75, 3.05) is 5.32 Å². The minimum atomic E-state index is -0.956. The lowest BCUT2D eigenvalue weighted by Crippen LogP contribution is -2.32. The molecule has 2 amide bonds. The molecule has 0 fully saturated rings. The Labute approximate surface area is 142 Å². The van der Waals surface area contributed by atoms with Gasteiger partial charge in [-0.1, -0.05) is 23.5 Å². The number of amides is 2. The van der Waals surface area contributed by atoms with Crippen LogP contribution in [0.4, 0.5) is 10.7 Å². The van der Waals surface area contributed by atoms with Crippen LogP contribution >= 0.6 is 27.3 Å². The number of anilines is 1. The number of halogens is 1. The molecule has 0 bridgehead atoms. The van der Waals surface area contributed by atoms with Crippen LogP contribution < -0.4 is 10.7 Å². The van der Waals surface area contributed by atoms with Crippen molar-refractivity contribution in [3.8, 4) is 0 Å². The van der Waals surface area contributed by atoms with Crippen molar-refractivity contribution in [2.45, 2.75) is 0 Å². The quantitative estimate of drug-likeness (QED) is 0.357. The highest BCUT2D eigenvalue weighted by Gasteiger charge is 2.14. The molecule has 8 nitrogen and oxygen atoms in total. The molecule has 1 heterocycles. The molecule has 0 radical (unpaired) electrons. The summed E-state index contributed by atoms with van der Waals surface area (Å²) in [6, 6.07) is 9.64. The predicted octanol–water partition coefficient (Wildman–Crippen LogP) is 2.51. The minimum absolute atomic E-state index is 0.0375. The maximum absolute atomic E-state index is 11.7. The van der Waals surface area contributed by atoms with Crippen molar-refractivity contribution in [2.24, 2.45) is 5.10 Å². The molecule has 1 aromatic carbocycles. The van der Waals surface area contributed by atoms with Crippen LogP contribution in [0.5, 0.6) is 0 Å². The lowest BCUT2D eigenvalue weighted by Gasteiger charge is -2.05. The van der Waals surface area contributed by atoms with Crippen molar-refractivity contribution < 1.29 is 14.5 Å². The third kappa shape index (κ3) is 4.69. The topological polar surface area (TPSA) is 114 Å². The number of hydrazone groups is 1. The molecule has 10 heteroatoms. The van der Waals surface area contributed by atoms with Gasteiger partial charge in [-0.25, -0.2) is 5.43 Å². The summed E-state index contributed by atoms with van der Waals surface area (Å²) in [5.41, 5.74) is 2.50. The molecule has 118 valence electrons. The lowest BCUT2D eigenvalue weighted by atomic mass is 10.3. The first-order valence-electron chi connectivity index (χ1n) is 6.10. The summed E-state index contributed by atoms with van der Waals surface area (Å²) in [6.45, 7) is 0. The number of carbonyl (C=O) groups excluding carboxylic acids is 2. The summed E-state index contributed by atoms with van der Waals surface area (Å²) < 4.78 is 0.635. The molecular weight excluding hydrogens is 388 g/mol. The van der Waals surface area contributed by atoms with E-state index < -0.39 is 16.7 Å². The Bertz CT molecular complexity index is 790. The van der Waals surface area contributed by atoms with Crippen molar-refractivity contribution in [3.63, 3.8) is 0 Å². The van der Waals surface area contributed by atoms with Crippen LogP contribution in [-0.4, -0.2) is 23.0 Å². The molecule has 0 aliphatic rings. The zero-order valence-electron chi connectivity index (χ0n) is 11.4. The van der Waals surface area contributed by atoms with Gasteiger partial charge in [0.15, 0.2) is 0 Å². The summed E-state index contributed by atoms with van der Waals surface area (Å²) in [7, 11) is 0. The van der Waals surface area contributed by atoms with Crippen LogP contribution in [0.15, 0.2) is 46.0 Å². The molecule has 0 aliphatic carbocycles. The number of hydrogen-bond acceptors (Lipinski definition) is 6. The summed E-state index contributed by atoms with van der Waals surface area (Å²) >= 11 is 4.14. The number of para-hydroxylation sites is 1. The fourth-order valence-electron chi connectivity index (χ4n) is 1.46. The summed E-state index contributed by atoms with van der Waals surface area (Å²) in [5.74, 6) is -1.84. The van der Waals surface area contributed by atoms with E-state index in [0.29, 0.717) is 15.0 Å². The monoisotopic (exact) mass is 396 g/mol. The summed E-state index contributed by atoms with van der Waals surface area (Å²) in [6.07, 6.45) is 1.22. The Balaban J connectivity index is 1.91. The van der Waals surface area contributed by atoms with E-state index in [1.54, 1.807) is 24.3 Å². The maximum Gasteiger partial charge on any atom is 0.329 e. The number of nitro groups is 1. The van der Waals surface area contributed by atoms with Gasteiger partial charge in [-0.3, -0.25) is 19.7 Å². The number of thiophene rings is 1. The Morgan fingerprint density at radius 1 is 1.22 bits per heavy atom. The van der Waals surface area contributed by atoms with Crippen LogP contribution in [0.2, 0.25) is 0 Å². The van der Waals surface area contributed by atoms with Crippen molar-refractivity contribution in [1.82, 2.24) is 5.43 Å². The van der Waals surface area contributed by atoms with Crippen LogP contribution in [0, 0.1) is 10.1 Å². The van der Waals surface area contributed by atoms with Crippen LogP contribution in [0.1, 0.15) is 4.88 Å². The van der Waals surface area contributed by atoms with E-state index in [4.69, 9.17) is 0 Å². The molecule has 2 N–H and O–H groups in total. The van der Waals surface area contributed by atoms with Gasteiger partial charge in [0.2, 0.25) is 0 Å². The Kier molecular flexibility index (Phi) is 5.55. The second-order valence-corrected chi connectivity index (χ2v) is 6.01. The molecule has 2 rings (SSSR count). The normalized spacial score (nSPS) is 10.5. The maximum atomic E-state index is 11.7. The number of nitrogens with zero attached hydrogens (tertiary/aromatic N) is 2. The molecular formula is C13H9BrN4O4S. The van der Waals surface area contributed by atoms with Crippen molar-refractivity contribution >= 4 is 56.0 Å². The molecule has 0 saturated heterocycles. The van der Waals surface area contributed by atoms with E-state index in [2.05, 4.69) is 26.3 Å². The minimum Gasteiger partial charge on any atom is -0.317 e. The standard InChI is InChI=1S/C13H9BrN4O4S/c14-9-3-1-2-4-10(9)16-12(19)13(20)17-15-7-8-5-6-11(23-8)18(21)22/h1-7H,(H,16,19)(H,17,20)/b15-7+. The smallest absolute Gasteiger partial charge is 0.317 e. The van der Waals surface area contributed by atoms with Gasteiger partial charge in [0.05, 0.1) is 21.7 Å². The van der Waals surface area contributed by atoms with E-state index in [1.807, 2.05) is 5.43 Å². The largest absolute Gasteiger partial charge is 0.329 e. The van der Waals surface area contributed by atoms with Crippen molar-refractivity contribution in [3.05, 3.63) is 55.9 Å². The lowest BCUT2D eigenvalue weighted by molar-refractivity contribution is -0.380. The molecule has 0 saturated carbocycles. The van der Waals surface area contributed by atoms with Gasteiger partial charge >= 0.3 is 16.8 Å². The fraction of sp³-hybridized carbons (Fsp3) is 0. The van der Waals surface area contributed by atoms with Crippen LogP contribution in [-0.2, 0) is 9.59 Å². The zero-order valence-corrected chi connectivity index (χ0v) is 13.8. The average molecular weight is 397 g/mol. The van der Waals surface area contributed by atoms with E-state index in [-0.39, 0.29) is 5.00 Å². The average Bonchev–Trinajstić information content (AvgIpc) is 2.98. The van der Waals surface area contributed by atoms with Crippen LogP contribution in [0.25, 0.3) is 0 Å². The molecule has 0 atom stereocenters. The number of rotatable bonds is 4. The van der Waals surface area contributed by atoms with E-state index in [0.717, 1.165) is 11.3 Å². The van der Waals surface area contributed by atoms with Gasteiger partial charge in [0.1, 0.15) is 0 Å². The fourth-order valence-corrected chi connectivity index (χ4v) is 2.53. The molecule has 0 spiro atoms. The van der Waals surface area contributed by atoms with E-state index >= 15 is 0 Å². The third-order valence-corrected chi connectivity index (χ3v) is 4.14. The third-order valence-electron chi connectivity index (χ3n) is 2.48. The number of nitrogens with one attached hydrogen (secondary N) is 2. The second kappa shape index (κ2) is 7.61. The van der Waals surface area contributed by atoms with Gasteiger partial charge in [-0.2, -0.15) is 5.10 Å². The molecule has 2 aromatic rings. The molecule has 0 unspecified atom stereocenters. The molecule has 0 aliphatic heterocycles.